The van der Waals surface area contributed by atoms with E-state index in [2.05, 4.69) is 272 Å². The Kier molecular flexibility index (Phi) is 11.8. The highest BCUT2D eigenvalue weighted by molar-refractivity contribution is 7.00. The van der Waals surface area contributed by atoms with Crippen LogP contribution in [0.4, 0.5) is 45.5 Å². The predicted molar refractivity (Wildman–Crippen MR) is 381 cm³/mol. The first-order valence-corrected chi connectivity index (χ1v) is 34.2. The number of para-hydroxylation sites is 1. The van der Waals surface area contributed by atoms with Crippen molar-refractivity contribution in [2.45, 2.75) is 231 Å². The third-order valence-corrected chi connectivity index (χ3v) is 25.2. The van der Waals surface area contributed by atoms with E-state index in [-0.39, 0.29) is 55.6 Å². The second kappa shape index (κ2) is 18.4. The highest BCUT2D eigenvalue weighted by atomic mass is 16.3. The van der Waals surface area contributed by atoms with Gasteiger partial charge in [-0.25, -0.2) is 0 Å². The lowest BCUT2D eigenvalue weighted by atomic mass is 9.32. The Morgan fingerprint density at radius 1 is 0.371 bits per heavy atom. The van der Waals surface area contributed by atoms with Gasteiger partial charge in [0.05, 0.1) is 5.54 Å². The maximum atomic E-state index is 6.92. The molecule has 1 fully saturated rings. The van der Waals surface area contributed by atoms with Crippen LogP contribution < -0.4 is 31.1 Å². The Labute approximate surface area is 532 Å². The summed E-state index contributed by atoms with van der Waals surface area (Å²) in [7, 11) is 0. The molecule has 7 aliphatic rings. The summed E-state index contributed by atoms with van der Waals surface area (Å²) in [5.41, 5.74) is 30.5. The van der Waals surface area contributed by atoms with Gasteiger partial charge < -0.3 is 19.1 Å². The minimum Gasteiger partial charge on any atom is -0.456 e. The van der Waals surface area contributed by atoms with Crippen LogP contribution in [0.3, 0.4) is 0 Å². The van der Waals surface area contributed by atoms with Crippen LogP contribution in [0.2, 0.25) is 0 Å². The zero-order chi connectivity index (χ0) is 62.3. The minimum atomic E-state index is -0.213. The Morgan fingerprint density at radius 3 is 1.43 bits per heavy atom. The minimum absolute atomic E-state index is 0.000946. The Bertz CT molecular complexity index is 4500. The van der Waals surface area contributed by atoms with E-state index in [0.29, 0.717) is 0 Å². The fourth-order valence-electron chi connectivity index (χ4n) is 18.8. The molecule has 2 atom stereocenters. The summed E-state index contributed by atoms with van der Waals surface area (Å²) < 4.78 is 6.92. The van der Waals surface area contributed by atoms with Crippen LogP contribution in [0, 0.1) is 0 Å². The summed E-state index contributed by atoms with van der Waals surface area (Å²) in [6.07, 6.45) is 11.6. The molecule has 9 aromatic rings. The normalized spacial score (nSPS) is 23.4. The topological polar surface area (TPSA) is 22.9 Å². The number of nitrogens with zero attached hydrogens (tertiary/aromatic N) is 3. The van der Waals surface area contributed by atoms with E-state index in [1.165, 1.54) is 131 Å². The molecule has 4 aliphatic carbocycles. The highest BCUT2D eigenvalue weighted by Crippen LogP contribution is 2.63. The van der Waals surface area contributed by atoms with E-state index in [0.717, 1.165) is 72.6 Å². The SMILES string of the molecule is CC(C)(C)c1ccc(-c2ccc3c(c2)C2(C)CCCCC2(C)N3c2cc3c4c(c2)N(c2ccc5c(c2)oc2ccccc25)c2cc5c(cc2B4c2cc4c(cc2N3c2ccc3c(c2)C(C)(C)CCC3(C)C)C(C)(C)CCC4(C)C)C(C)(C)CCC5(C)C)cc1. The Hall–Kier alpha value is -6.98. The van der Waals surface area contributed by atoms with Gasteiger partial charge in [-0.3, -0.25) is 0 Å². The molecule has 1 aromatic heterocycles. The Morgan fingerprint density at radius 2 is 0.854 bits per heavy atom. The van der Waals surface area contributed by atoms with E-state index in [1.807, 2.05) is 0 Å². The summed E-state index contributed by atoms with van der Waals surface area (Å²) in [4.78, 5) is 8.39. The van der Waals surface area contributed by atoms with Crippen molar-refractivity contribution < 1.29 is 4.42 Å². The summed E-state index contributed by atoms with van der Waals surface area (Å²) in [5, 5.41) is 2.31. The monoisotopic (exact) mass is 1170 g/mol. The van der Waals surface area contributed by atoms with Crippen molar-refractivity contribution in [3.05, 3.63) is 184 Å². The van der Waals surface area contributed by atoms with Gasteiger partial charge in [0.2, 0.25) is 0 Å². The molecular formula is C84H94BN3O. The van der Waals surface area contributed by atoms with E-state index in [1.54, 1.807) is 0 Å². The van der Waals surface area contributed by atoms with Crippen molar-refractivity contribution in [1.82, 2.24) is 0 Å². The molecule has 0 N–H and O–H groups in total. The number of furan rings is 1. The molecule has 4 heterocycles. The van der Waals surface area contributed by atoms with Gasteiger partial charge in [0.1, 0.15) is 11.2 Å². The predicted octanol–water partition coefficient (Wildman–Crippen LogP) is 21.4. The van der Waals surface area contributed by atoms with Crippen molar-refractivity contribution >= 4 is 90.5 Å². The van der Waals surface area contributed by atoms with E-state index in [4.69, 9.17) is 4.42 Å². The largest absolute Gasteiger partial charge is 0.456 e. The van der Waals surface area contributed by atoms with Gasteiger partial charge in [-0.2, -0.15) is 0 Å². The summed E-state index contributed by atoms with van der Waals surface area (Å²) in [6, 6.07) is 56.7. The zero-order valence-electron chi connectivity index (χ0n) is 56.7. The lowest BCUT2D eigenvalue weighted by molar-refractivity contribution is 0.195. The van der Waals surface area contributed by atoms with Crippen LogP contribution in [0.1, 0.15) is 226 Å². The molecule has 0 bridgehead atoms. The van der Waals surface area contributed by atoms with Crippen molar-refractivity contribution in [2.24, 2.45) is 0 Å². The first-order valence-electron chi connectivity index (χ1n) is 34.2. The van der Waals surface area contributed by atoms with E-state index < -0.39 is 0 Å². The second-order valence-corrected chi connectivity index (χ2v) is 34.4. The van der Waals surface area contributed by atoms with Gasteiger partial charge in [-0.05, 0) is 235 Å². The molecule has 0 radical (unpaired) electrons. The molecule has 5 heteroatoms. The van der Waals surface area contributed by atoms with Gasteiger partial charge in [0.25, 0.3) is 6.71 Å². The van der Waals surface area contributed by atoms with Gasteiger partial charge in [0, 0.05) is 67.8 Å². The van der Waals surface area contributed by atoms with Gasteiger partial charge in [0.15, 0.2) is 0 Å². The molecule has 2 unspecified atom stereocenters. The molecular weight excluding hydrogens is 1080 g/mol. The first-order chi connectivity index (χ1) is 41.9. The van der Waals surface area contributed by atoms with Crippen molar-refractivity contribution in [1.29, 1.82) is 0 Å². The molecule has 0 spiro atoms. The van der Waals surface area contributed by atoms with Crippen molar-refractivity contribution in [2.75, 3.05) is 14.7 Å². The number of anilines is 8. The van der Waals surface area contributed by atoms with Gasteiger partial charge >= 0.3 is 0 Å². The molecule has 0 saturated heterocycles. The van der Waals surface area contributed by atoms with Crippen LogP contribution in [-0.2, 0) is 43.3 Å². The average molecular weight is 1170 g/mol. The smallest absolute Gasteiger partial charge is 0.252 e. The van der Waals surface area contributed by atoms with Crippen LogP contribution >= 0.6 is 0 Å². The van der Waals surface area contributed by atoms with Crippen LogP contribution in [0.5, 0.6) is 0 Å². The first kappa shape index (κ1) is 57.2. The molecule has 16 rings (SSSR count). The highest BCUT2D eigenvalue weighted by Gasteiger charge is 2.59. The fraction of sp³-hybridized carbons (Fsp3) is 0.429. The lowest BCUT2D eigenvalue weighted by Gasteiger charge is -2.52. The van der Waals surface area contributed by atoms with Crippen LogP contribution in [0.25, 0.3) is 33.1 Å². The number of hydrogen-bond acceptors (Lipinski definition) is 4. The zero-order valence-corrected chi connectivity index (χ0v) is 56.7. The summed E-state index contributed by atoms with van der Waals surface area (Å²) >= 11 is 0. The van der Waals surface area contributed by atoms with Gasteiger partial charge in [-0.1, -0.05) is 190 Å². The molecule has 1 saturated carbocycles. The Balaban J connectivity index is 1.04. The maximum Gasteiger partial charge on any atom is 0.252 e. The summed E-state index contributed by atoms with van der Waals surface area (Å²) in [6.45, 7) is 42.3. The van der Waals surface area contributed by atoms with Crippen LogP contribution in [-0.4, -0.2) is 12.3 Å². The molecule has 89 heavy (non-hydrogen) atoms. The number of benzene rings is 8. The average Bonchev–Trinajstić information content (AvgIpc) is 1.62. The standard InChI is InChI=1S/C84H94BN3O/c1-76(2,3)53-27-24-51(25-28-53)52-26-33-68-65(42-52)83(16)34-20-21-35-84(83,17)88(68)56-44-71-75-72(45-56)87(55-29-31-58-57-22-18-19-23-73(57)89-74(58)46-55)70-50-64-62(80(10,11)39-41-82(64,14)15)48-67(70)85(75)66-47-61-63(81(12,13)40-38-79(61,8)9)49-69(66)86(71)54-30-32-59-60(43-54)78(6,7)37-36-77(59,4)5/h18-19,22-33,42-50H,20-21,34-41H2,1-17H3. The van der Waals surface area contributed by atoms with E-state index >= 15 is 0 Å². The van der Waals surface area contributed by atoms with Gasteiger partial charge in [-0.15, -0.1) is 0 Å². The third-order valence-electron chi connectivity index (χ3n) is 25.2. The van der Waals surface area contributed by atoms with Crippen molar-refractivity contribution in [3.8, 4) is 11.1 Å². The number of hydrogen-bond donors (Lipinski definition) is 0. The van der Waals surface area contributed by atoms with Crippen LogP contribution in [0.15, 0.2) is 144 Å². The molecule has 454 valence electrons. The number of fused-ring (bicyclic) bond motifs is 13. The molecule has 3 aliphatic heterocycles. The molecule has 8 aromatic carbocycles. The quantitative estimate of drug-likeness (QED) is 0.164. The lowest BCUT2D eigenvalue weighted by Crippen LogP contribution is -2.62. The maximum absolute atomic E-state index is 6.92. The molecule has 4 nitrogen and oxygen atoms in total. The second-order valence-electron chi connectivity index (χ2n) is 34.4. The third kappa shape index (κ3) is 8.09. The molecule has 0 amide bonds. The number of rotatable bonds is 4. The summed E-state index contributed by atoms with van der Waals surface area (Å²) in [5.74, 6) is 0. The van der Waals surface area contributed by atoms with E-state index in [9.17, 15) is 0 Å². The van der Waals surface area contributed by atoms with Crippen molar-refractivity contribution in [3.63, 3.8) is 0 Å². The fourth-order valence-corrected chi connectivity index (χ4v) is 18.8.